The lowest BCUT2D eigenvalue weighted by molar-refractivity contribution is 0.0924. The normalized spacial score (nSPS) is 15.2. The molecule has 4 rings (SSSR count). The van der Waals surface area contributed by atoms with Crippen molar-refractivity contribution in [3.8, 4) is 0 Å². The number of hydrogen-bond acceptors (Lipinski definition) is 5. The van der Waals surface area contributed by atoms with E-state index in [1.54, 1.807) is 37.5 Å². The third kappa shape index (κ3) is 3.41. The van der Waals surface area contributed by atoms with Gasteiger partial charge in [0.25, 0.3) is 5.91 Å². The Morgan fingerprint density at radius 3 is 2.75 bits per heavy atom. The van der Waals surface area contributed by atoms with Crippen LogP contribution in [0.2, 0.25) is 0 Å². The zero-order valence-electron chi connectivity index (χ0n) is 15.5. The number of benzene rings is 1. The number of carbonyl (C=O) groups excluding carboxylic acids is 1. The molecule has 1 aliphatic heterocycles. The number of amides is 1. The topological polar surface area (TPSA) is 92.5 Å². The summed E-state index contributed by atoms with van der Waals surface area (Å²) in [5.74, 6) is -0.156. The SMILES string of the molecule is Cc1c(C(=O)NCc2cccnc2)oc2ccc(S(=O)(=O)N3CCCC3)cc12. The number of aromatic nitrogens is 1. The molecule has 0 unspecified atom stereocenters. The summed E-state index contributed by atoms with van der Waals surface area (Å²) in [5, 5.41) is 3.44. The van der Waals surface area contributed by atoms with Gasteiger partial charge in [-0.1, -0.05) is 6.07 Å². The van der Waals surface area contributed by atoms with Crippen LogP contribution in [0.25, 0.3) is 11.0 Å². The number of nitrogens with zero attached hydrogens (tertiary/aromatic N) is 2. The van der Waals surface area contributed by atoms with Crippen LogP contribution in [0, 0.1) is 6.92 Å². The van der Waals surface area contributed by atoms with Gasteiger partial charge in [-0.25, -0.2) is 8.42 Å². The number of rotatable bonds is 5. The standard InChI is InChI=1S/C20H21N3O4S/c1-14-17-11-16(28(25,26)23-9-2-3-10-23)6-7-18(17)27-19(14)20(24)22-13-15-5-4-8-21-12-15/h4-8,11-12H,2-3,9-10,13H2,1H3,(H,22,24). The Morgan fingerprint density at radius 2 is 2.04 bits per heavy atom. The monoisotopic (exact) mass is 399 g/mol. The van der Waals surface area contributed by atoms with Crippen molar-refractivity contribution in [1.29, 1.82) is 0 Å². The molecule has 3 aromatic rings. The van der Waals surface area contributed by atoms with Crippen LogP contribution in [0.1, 0.15) is 34.5 Å². The lowest BCUT2D eigenvalue weighted by atomic mass is 10.1. The van der Waals surface area contributed by atoms with E-state index in [9.17, 15) is 13.2 Å². The molecule has 1 aromatic carbocycles. The highest BCUT2D eigenvalue weighted by Crippen LogP contribution is 2.29. The lowest BCUT2D eigenvalue weighted by Gasteiger charge is -2.15. The van der Waals surface area contributed by atoms with Gasteiger partial charge < -0.3 is 9.73 Å². The molecule has 1 fully saturated rings. The van der Waals surface area contributed by atoms with Crippen LogP contribution in [0.3, 0.4) is 0 Å². The summed E-state index contributed by atoms with van der Waals surface area (Å²) in [6, 6.07) is 8.42. The van der Waals surface area contributed by atoms with E-state index in [1.807, 2.05) is 6.07 Å². The van der Waals surface area contributed by atoms with Crippen LogP contribution in [0.5, 0.6) is 0 Å². The minimum atomic E-state index is -3.52. The number of aryl methyl sites for hydroxylation is 1. The molecule has 3 heterocycles. The van der Waals surface area contributed by atoms with E-state index in [1.165, 1.54) is 10.4 Å². The maximum absolute atomic E-state index is 12.8. The van der Waals surface area contributed by atoms with Crippen LogP contribution in [0.15, 0.2) is 52.0 Å². The van der Waals surface area contributed by atoms with Gasteiger partial charge in [0.15, 0.2) is 5.76 Å². The molecule has 146 valence electrons. The predicted octanol–water partition coefficient (Wildman–Crippen LogP) is 2.85. The molecule has 1 aliphatic rings. The molecular weight excluding hydrogens is 378 g/mol. The Balaban J connectivity index is 1.61. The maximum Gasteiger partial charge on any atom is 0.287 e. The average molecular weight is 399 g/mol. The minimum Gasteiger partial charge on any atom is -0.451 e. The molecule has 28 heavy (non-hydrogen) atoms. The lowest BCUT2D eigenvalue weighted by Crippen LogP contribution is -2.27. The summed E-state index contributed by atoms with van der Waals surface area (Å²) < 4.78 is 32.8. The summed E-state index contributed by atoms with van der Waals surface area (Å²) >= 11 is 0. The molecule has 0 bridgehead atoms. The molecule has 1 saturated heterocycles. The zero-order chi connectivity index (χ0) is 19.7. The molecule has 1 amide bonds. The van der Waals surface area contributed by atoms with Crippen molar-refractivity contribution in [3.05, 3.63) is 59.6 Å². The van der Waals surface area contributed by atoms with E-state index < -0.39 is 10.0 Å². The second kappa shape index (κ2) is 7.37. The number of nitrogens with one attached hydrogen (secondary N) is 1. The van der Waals surface area contributed by atoms with Crippen molar-refractivity contribution in [2.24, 2.45) is 0 Å². The third-order valence-electron chi connectivity index (χ3n) is 4.99. The van der Waals surface area contributed by atoms with Crippen LogP contribution in [-0.2, 0) is 16.6 Å². The molecule has 0 spiro atoms. The summed E-state index contributed by atoms with van der Waals surface area (Å²) in [4.78, 5) is 16.8. The van der Waals surface area contributed by atoms with Gasteiger partial charge in [-0.05, 0) is 49.6 Å². The number of hydrogen-bond donors (Lipinski definition) is 1. The van der Waals surface area contributed by atoms with Gasteiger partial charge in [0.2, 0.25) is 10.0 Å². The Hall–Kier alpha value is -2.71. The fraction of sp³-hybridized carbons (Fsp3) is 0.300. The van der Waals surface area contributed by atoms with Crippen molar-refractivity contribution in [1.82, 2.24) is 14.6 Å². The van der Waals surface area contributed by atoms with E-state index >= 15 is 0 Å². The van der Waals surface area contributed by atoms with E-state index in [0.29, 0.717) is 36.2 Å². The van der Waals surface area contributed by atoms with Crippen molar-refractivity contribution >= 4 is 26.9 Å². The molecule has 7 nitrogen and oxygen atoms in total. The van der Waals surface area contributed by atoms with E-state index in [4.69, 9.17) is 4.42 Å². The molecule has 0 saturated carbocycles. The quantitative estimate of drug-likeness (QED) is 0.712. The molecule has 0 aliphatic carbocycles. The number of pyridine rings is 1. The zero-order valence-corrected chi connectivity index (χ0v) is 16.3. The van der Waals surface area contributed by atoms with E-state index in [-0.39, 0.29) is 16.6 Å². The molecule has 2 aromatic heterocycles. The Labute approximate surface area is 163 Å². The van der Waals surface area contributed by atoms with E-state index in [0.717, 1.165) is 18.4 Å². The Morgan fingerprint density at radius 1 is 1.25 bits per heavy atom. The second-order valence-corrected chi connectivity index (χ2v) is 8.81. The highest BCUT2D eigenvalue weighted by Gasteiger charge is 2.28. The van der Waals surface area contributed by atoms with E-state index in [2.05, 4.69) is 10.3 Å². The first kappa shape index (κ1) is 18.6. The third-order valence-corrected chi connectivity index (χ3v) is 6.89. The fourth-order valence-electron chi connectivity index (χ4n) is 3.42. The van der Waals surface area contributed by atoms with Crippen molar-refractivity contribution < 1.29 is 17.6 Å². The Kier molecular flexibility index (Phi) is 4.91. The average Bonchev–Trinajstić information content (AvgIpc) is 3.36. The molecule has 8 heteroatoms. The van der Waals surface area contributed by atoms with Gasteiger partial charge in [0, 0.05) is 43.0 Å². The summed E-state index contributed by atoms with van der Waals surface area (Å²) in [5.41, 5.74) is 1.99. The van der Waals surface area contributed by atoms with Crippen molar-refractivity contribution in [2.75, 3.05) is 13.1 Å². The van der Waals surface area contributed by atoms with Gasteiger partial charge in [-0.2, -0.15) is 4.31 Å². The summed E-state index contributed by atoms with van der Waals surface area (Å²) in [7, 11) is -3.52. The Bertz CT molecular complexity index is 1120. The molecule has 1 N–H and O–H groups in total. The maximum atomic E-state index is 12.8. The van der Waals surface area contributed by atoms with Gasteiger partial charge in [0.05, 0.1) is 4.90 Å². The smallest absolute Gasteiger partial charge is 0.287 e. The van der Waals surface area contributed by atoms with Crippen LogP contribution in [-0.4, -0.2) is 36.7 Å². The first-order valence-electron chi connectivity index (χ1n) is 9.17. The van der Waals surface area contributed by atoms with Crippen molar-refractivity contribution in [2.45, 2.75) is 31.2 Å². The number of fused-ring (bicyclic) bond motifs is 1. The first-order valence-corrected chi connectivity index (χ1v) is 10.6. The molecule has 0 radical (unpaired) electrons. The highest BCUT2D eigenvalue weighted by atomic mass is 32.2. The molecular formula is C20H21N3O4S. The van der Waals surface area contributed by atoms with Gasteiger partial charge in [-0.3, -0.25) is 9.78 Å². The largest absolute Gasteiger partial charge is 0.451 e. The predicted molar refractivity (Wildman–Crippen MR) is 104 cm³/mol. The number of sulfonamides is 1. The number of carbonyl (C=O) groups is 1. The van der Waals surface area contributed by atoms with Gasteiger partial charge >= 0.3 is 0 Å². The first-order chi connectivity index (χ1) is 13.5. The van der Waals surface area contributed by atoms with Crippen LogP contribution >= 0.6 is 0 Å². The second-order valence-electron chi connectivity index (χ2n) is 6.87. The van der Waals surface area contributed by atoms with Crippen LogP contribution in [0.4, 0.5) is 0 Å². The number of furan rings is 1. The van der Waals surface area contributed by atoms with Crippen LogP contribution < -0.4 is 5.32 Å². The summed E-state index contributed by atoms with van der Waals surface area (Å²) in [6.45, 7) is 3.19. The van der Waals surface area contributed by atoms with Crippen molar-refractivity contribution in [3.63, 3.8) is 0 Å². The fourth-order valence-corrected chi connectivity index (χ4v) is 4.96. The highest BCUT2D eigenvalue weighted by molar-refractivity contribution is 7.89. The summed E-state index contributed by atoms with van der Waals surface area (Å²) in [6.07, 6.45) is 5.12. The van der Waals surface area contributed by atoms with Gasteiger partial charge in [-0.15, -0.1) is 0 Å². The molecule has 0 atom stereocenters. The van der Waals surface area contributed by atoms with Gasteiger partial charge in [0.1, 0.15) is 5.58 Å². The minimum absolute atomic E-state index is 0.189.